The predicted octanol–water partition coefficient (Wildman–Crippen LogP) is 2.54. The van der Waals surface area contributed by atoms with Crippen LogP contribution in [0.1, 0.15) is 20.8 Å². The molecule has 1 aliphatic heterocycles. The summed E-state index contributed by atoms with van der Waals surface area (Å²) in [5.74, 6) is 0.103. The lowest BCUT2D eigenvalue weighted by Crippen LogP contribution is -2.26. The van der Waals surface area contributed by atoms with E-state index in [-0.39, 0.29) is 5.91 Å². The third-order valence-electron chi connectivity index (χ3n) is 2.07. The zero-order chi connectivity index (χ0) is 11.1. The van der Waals surface area contributed by atoms with Gasteiger partial charge in [0.1, 0.15) is 0 Å². The zero-order valence-electron chi connectivity index (χ0n) is 9.34. The van der Waals surface area contributed by atoms with Crippen LogP contribution in [-0.2, 0) is 4.79 Å². The average Bonchev–Trinajstić information content (AvgIpc) is 2.63. The molecule has 14 heavy (non-hydrogen) atoms. The maximum atomic E-state index is 11.0. The zero-order valence-corrected chi connectivity index (χ0v) is 9.34. The van der Waals surface area contributed by atoms with Gasteiger partial charge in [-0.3, -0.25) is 4.79 Å². The number of carbonyl (C=O) groups excluding carboxylic acids is 1. The van der Waals surface area contributed by atoms with Crippen molar-refractivity contribution in [3.8, 4) is 0 Å². The molecule has 1 heterocycles. The highest BCUT2D eigenvalue weighted by Gasteiger charge is 2.19. The lowest BCUT2D eigenvalue weighted by Gasteiger charge is -2.12. The van der Waals surface area contributed by atoms with Crippen molar-refractivity contribution in [3.63, 3.8) is 0 Å². The summed E-state index contributed by atoms with van der Waals surface area (Å²) in [6, 6.07) is 0. The van der Waals surface area contributed by atoms with Crippen LogP contribution in [-0.4, -0.2) is 23.9 Å². The van der Waals surface area contributed by atoms with E-state index in [9.17, 15) is 4.79 Å². The lowest BCUT2D eigenvalue weighted by molar-refractivity contribution is -0.127. The van der Waals surface area contributed by atoms with Crippen molar-refractivity contribution in [1.29, 1.82) is 0 Å². The number of amides is 1. The molecule has 2 heteroatoms. The molecule has 0 unspecified atom stereocenters. The van der Waals surface area contributed by atoms with Gasteiger partial charge in [0, 0.05) is 20.0 Å². The Balaban J connectivity index is 0.000000791. The molecular formula is C12H19NO. The largest absolute Gasteiger partial charge is 0.334 e. The Morgan fingerprint density at radius 2 is 1.57 bits per heavy atom. The van der Waals surface area contributed by atoms with E-state index in [2.05, 4.69) is 13.2 Å². The fourth-order valence-corrected chi connectivity index (χ4v) is 1.28. The molecule has 0 aromatic carbocycles. The fourth-order valence-electron chi connectivity index (χ4n) is 1.28. The van der Waals surface area contributed by atoms with Crippen LogP contribution in [0.4, 0.5) is 0 Å². The van der Waals surface area contributed by atoms with Gasteiger partial charge in [-0.25, -0.2) is 0 Å². The minimum absolute atomic E-state index is 0.103. The Hall–Kier alpha value is -1.31. The Bertz CT molecular complexity index is 243. The highest BCUT2D eigenvalue weighted by atomic mass is 16.2. The third-order valence-corrected chi connectivity index (χ3v) is 2.07. The molecule has 0 saturated carbocycles. The van der Waals surface area contributed by atoms with E-state index in [1.165, 1.54) is 0 Å². The average molecular weight is 193 g/mol. The number of carbonyl (C=O) groups is 1. The quantitative estimate of drug-likeness (QED) is 0.660. The minimum atomic E-state index is 0.103. The van der Waals surface area contributed by atoms with Crippen molar-refractivity contribution in [2.24, 2.45) is 0 Å². The Labute approximate surface area is 86.6 Å². The number of rotatable bonds is 2. The first kappa shape index (κ1) is 12.7. The van der Waals surface area contributed by atoms with Gasteiger partial charge in [-0.2, -0.15) is 0 Å². The molecule has 78 valence electrons. The van der Waals surface area contributed by atoms with Crippen molar-refractivity contribution in [1.82, 2.24) is 4.90 Å². The van der Waals surface area contributed by atoms with Gasteiger partial charge in [0.15, 0.2) is 0 Å². The lowest BCUT2D eigenvalue weighted by atomic mass is 10.1. The number of hydrogen-bond acceptors (Lipinski definition) is 1. The van der Waals surface area contributed by atoms with Crippen molar-refractivity contribution in [2.45, 2.75) is 20.8 Å². The van der Waals surface area contributed by atoms with E-state index >= 15 is 0 Å². The molecule has 0 aliphatic carbocycles. The summed E-state index contributed by atoms with van der Waals surface area (Å²) in [7, 11) is 0. The summed E-state index contributed by atoms with van der Waals surface area (Å²) in [5, 5.41) is 0. The van der Waals surface area contributed by atoms with Gasteiger partial charge in [0.05, 0.1) is 0 Å². The molecule has 1 aliphatic rings. The summed E-state index contributed by atoms with van der Waals surface area (Å²) < 4.78 is 0. The van der Waals surface area contributed by atoms with E-state index < -0.39 is 0 Å². The summed E-state index contributed by atoms with van der Waals surface area (Å²) in [6.45, 7) is 14.3. The maximum Gasteiger partial charge on any atom is 0.220 e. The van der Waals surface area contributed by atoms with Crippen LogP contribution >= 0.6 is 0 Å². The van der Waals surface area contributed by atoms with Crippen LogP contribution in [0, 0.1) is 0 Å². The molecule has 1 amide bonds. The molecule has 0 N–H and O–H groups in total. The van der Waals surface area contributed by atoms with Crippen LogP contribution in [0.3, 0.4) is 0 Å². The summed E-state index contributed by atoms with van der Waals surface area (Å²) in [4.78, 5) is 12.8. The van der Waals surface area contributed by atoms with E-state index in [1.54, 1.807) is 24.0 Å². The Morgan fingerprint density at radius 3 is 1.79 bits per heavy atom. The Kier molecular flexibility index (Phi) is 5.61. The van der Waals surface area contributed by atoms with E-state index in [1.807, 2.05) is 13.8 Å². The van der Waals surface area contributed by atoms with Gasteiger partial charge < -0.3 is 4.90 Å². The highest BCUT2D eigenvalue weighted by Crippen LogP contribution is 2.18. The van der Waals surface area contributed by atoms with Crippen molar-refractivity contribution in [2.75, 3.05) is 13.1 Å². The topological polar surface area (TPSA) is 20.3 Å². The monoisotopic (exact) mass is 193 g/mol. The second-order valence-electron chi connectivity index (χ2n) is 2.83. The van der Waals surface area contributed by atoms with Gasteiger partial charge in [-0.15, -0.1) is 0 Å². The molecule has 0 spiro atoms. The molecule has 0 aromatic heterocycles. The maximum absolute atomic E-state index is 11.0. The van der Waals surface area contributed by atoms with Crippen LogP contribution in [0.2, 0.25) is 0 Å². The van der Waals surface area contributed by atoms with Crippen LogP contribution in [0.25, 0.3) is 0 Å². The molecule has 0 aromatic rings. The molecule has 0 bridgehead atoms. The molecule has 1 rings (SSSR count). The molecule has 0 radical (unpaired) electrons. The van der Waals surface area contributed by atoms with Gasteiger partial charge in [0.25, 0.3) is 0 Å². The summed E-state index contributed by atoms with van der Waals surface area (Å²) >= 11 is 0. The van der Waals surface area contributed by atoms with Gasteiger partial charge in [-0.05, 0) is 11.1 Å². The normalized spacial score (nSPS) is 14.6. The predicted molar refractivity (Wildman–Crippen MR) is 61.0 cm³/mol. The van der Waals surface area contributed by atoms with Crippen LogP contribution < -0.4 is 0 Å². The van der Waals surface area contributed by atoms with Gasteiger partial charge >= 0.3 is 0 Å². The summed E-state index contributed by atoms with van der Waals surface area (Å²) in [5.41, 5.74) is 2.22. The van der Waals surface area contributed by atoms with Crippen molar-refractivity contribution >= 4 is 5.91 Å². The number of nitrogens with zero attached hydrogens (tertiary/aromatic N) is 1. The van der Waals surface area contributed by atoms with Crippen molar-refractivity contribution in [3.05, 3.63) is 36.5 Å². The third kappa shape index (κ3) is 2.87. The first-order valence-electron chi connectivity index (χ1n) is 4.91. The van der Waals surface area contributed by atoms with Gasteiger partial charge in [-0.1, -0.05) is 39.2 Å². The molecule has 0 saturated heterocycles. The van der Waals surface area contributed by atoms with Crippen LogP contribution in [0.15, 0.2) is 36.5 Å². The molecule has 0 fully saturated rings. The molecular weight excluding hydrogens is 174 g/mol. The first-order valence-corrected chi connectivity index (χ1v) is 4.91. The fraction of sp³-hybridized carbons (Fsp3) is 0.417. The smallest absolute Gasteiger partial charge is 0.220 e. The minimum Gasteiger partial charge on any atom is -0.334 e. The highest BCUT2D eigenvalue weighted by molar-refractivity contribution is 5.75. The molecule has 2 nitrogen and oxygen atoms in total. The van der Waals surface area contributed by atoms with E-state index in [4.69, 9.17) is 0 Å². The second-order valence-corrected chi connectivity index (χ2v) is 2.83. The van der Waals surface area contributed by atoms with E-state index in [0.29, 0.717) is 13.1 Å². The molecule has 0 atom stereocenters. The summed E-state index contributed by atoms with van der Waals surface area (Å²) in [6.07, 6.45) is 3.58. The Morgan fingerprint density at radius 1 is 1.21 bits per heavy atom. The van der Waals surface area contributed by atoms with Crippen LogP contribution in [0.5, 0.6) is 0 Å². The second kappa shape index (κ2) is 6.19. The first-order chi connectivity index (χ1) is 6.69. The van der Waals surface area contributed by atoms with Crippen molar-refractivity contribution < 1.29 is 4.79 Å². The standard InChI is InChI=1S/C10H13NO.C2H6/c1-4-9-6-11(8(3)12)7-10(9)5-2;1-2/h4-5H,1-2,6-7H2,3H3;1-2H3. The SMILES string of the molecule is C=CC1=C(C=C)CN(C(C)=O)C1.CC. The number of hydrogen-bond donors (Lipinski definition) is 0. The van der Waals surface area contributed by atoms with E-state index in [0.717, 1.165) is 11.1 Å². The van der Waals surface area contributed by atoms with Gasteiger partial charge in [0.2, 0.25) is 5.91 Å².